The quantitative estimate of drug-likeness (QED) is 0.888. The fourth-order valence-corrected chi connectivity index (χ4v) is 2.27. The Morgan fingerprint density at radius 1 is 1.39 bits per heavy atom. The molecule has 1 aliphatic rings. The lowest BCUT2D eigenvalue weighted by atomic mass is 9.92. The molecule has 18 heavy (non-hydrogen) atoms. The van der Waals surface area contributed by atoms with E-state index in [1.54, 1.807) is 0 Å². The number of ether oxygens (including phenoxy) is 1. The van der Waals surface area contributed by atoms with Crippen LogP contribution >= 0.6 is 0 Å². The maximum Gasteiger partial charge on any atom is 0.0991 e. The van der Waals surface area contributed by atoms with Crippen molar-refractivity contribution < 1.29 is 4.74 Å². The molecule has 0 saturated carbocycles. The van der Waals surface area contributed by atoms with Crippen LogP contribution in [0.5, 0.6) is 0 Å². The Bertz CT molecular complexity index is 456. The Balaban J connectivity index is 2.00. The second-order valence-corrected chi connectivity index (χ2v) is 5.28. The maximum atomic E-state index is 8.85. The van der Waals surface area contributed by atoms with Gasteiger partial charge in [-0.05, 0) is 49.9 Å². The molecule has 1 N–H and O–H groups in total. The van der Waals surface area contributed by atoms with Crippen molar-refractivity contribution in [2.45, 2.75) is 38.8 Å². The number of nitriles is 1. The van der Waals surface area contributed by atoms with Gasteiger partial charge in [0.15, 0.2) is 0 Å². The lowest BCUT2D eigenvalue weighted by Gasteiger charge is -2.35. The minimum Gasteiger partial charge on any atom is -0.381 e. The molecule has 0 unspecified atom stereocenters. The topological polar surface area (TPSA) is 45.0 Å². The van der Waals surface area contributed by atoms with Crippen LogP contribution in [-0.4, -0.2) is 18.8 Å². The van der Waals surface area contributed by atoms with E-state index in [1.807, 2.05) is 18.2 Å². The number of benzene rings is 1. The number of nitrogens with zero attached hydrogens (tertiary/aromatic N) is 1. The SMILES string of the molecule is Cc1cc(C#N)ccc1CNC1(C)CCOCC1. The maximum absolute atomic E-state index is 8.85. The molecule has 2 rings (SSSR count). The second kappa shape index (κ2) is 5.51. The summed E-state index contributed by atoms with van der Waals surface area (Å²) in [6, 6.07) is 8.05. The number of hydrogen-bond acceptors (Lipinski definition) is 3. The highest BCUT2D eigenvalue weighted by Gasteiger charge is 2.26. The summed E-state index contributed by atoms with van der Waals surface area (Å²) < 4.78 is 5.39. The summed E-state index contributed by atoms with van der Waals surface area (Å²) in [5.41, 5.74) is 3.35. The monoisotopic (exact) mass is 244 g/mol. The average molecular weight is 244 g/mol. The van der Waals surface area contributed by atoms with Crippen molar-refractivity contribution >= 4 is 0 Å². The van der Waals surface area contributed by atoms with Gasteiger partial charge in [-0.1, -0.05) is 6.07 Å². The molecule has 0 radical (unpaired) electrons. The van der Waals surface area contributed by atoms with E-state index in [2.05, 4.69) is 25.2 Å². The van der Waals surface area contributed by atoms with Gasteiger partial charge in [-0.3, -0.25) is 0 Å². The Labute approximate surface area is 109 Å². The van der Waals surface area contributed by atoms with E-state index in [0.29, 0.717) is 0 Å². The first-order valence-electron chi connectivity index (χ1n) is 6.45. The van der Waals surface area contributed by atoms with Gasteiger partial charge >= 0.3 is 0 Å². The average Bonchev–Trinajstić information content (AvgIpc) is 2.38. The molecule has 1 aliphatic heterocycles. The predicted molar refractivity (Wildman–Crippen MR) is 71.2 cm³/mol. The number of nitrogens with one attached hydrogen (secondary N) is 1. The molecule has 1 saturated heterocycles. The van der Waals surface area contributed by atoms with E-state index < -0.39 is 0 Å². The van der Waals surface area contributed by atoms with Crippen LogP contribution in [0.3, 0.4) is 0 Å². The van der Waals surface area contributed by atoms with E-state index in [0.717, 1.165) is 38.2 Å². The predicted octanol–water partition coefficient (Wildman–Crippen LogP) is 2.53. The molecule has 1 aromatic carbocycles. The molecule has 0 aromatic heterocycles. The zero-order chi connectivity index (χ0) is 13.0. The van der Waals surface area contributed by atoms with Gasteiger partial charge in [-0.2, -0.15) is 5.26 Å². The van der Waals surface area contributed by atoms with E-state index in [-0.39, 0.29) is 5.54 Å². The summed E-state index contributed by atoms with van der Waals surface area (Å²) in [6.07, 6.45) is 2.12. The van der Waals surface area contributed by atoms with E-state index >= 15 is 0 Å². The van der Waals surface area contributed by atoms with Crippen LogP contribution in [0.4, 0.5) is 0 Å². The molecule has 1 heterocycles. The summed E-state index contributed by atoms with van der Waals surface area (Å²) in [4.78, 5) is 0. The van der Waals surface area contributed by atoms with Crippen LogP contribution < -0.4 is 5.32 Å². The van der Waals surface area contributed by atoms with Gasteiger partial charge in [0.25, 0.3) is 0 Å². The summed E-state index contributed by atoms with van der Waals surface area (Å²) in [6.45, 7) is 6.86. The van der Waals surface area contributed by atoms with Crippen LogP contribution in [-0.2, 0) is 11.3 Å². The van der Waals surface area contributed by atoms with Crippen LogP contribution in [0.1, 0.15) is 36.5 Å². The highest BCUT2D eigenvalue weighted by molar-refractivity contribution is 5.37. The fraction of sp³-hybridized carbons (Fsp3) is 0.533. The summed E-state index contributed by atoms with van der Waals surface area (Å²) in [7, 11) is 0. The first kappa shape index (κ1) is 13.1. The molecule has 1 fully saturated rings. The van der Waals surface area contributed by atoms with Gasteiger partial charge in [0.05, 0.1) is 11.6 Å². The van der Waals surface area contributed by atoms with Crippen LogP contribution in [0.25, 0.3) is 0 Å². The van der Waals surface area contributed by atoms with Crippen LogP contribution in [0, 0.1) is 18.3 Å². The van der Waals surface area contributed by atoms with Crippen molar-refractivity contribution in [3.05, 3.63) is 34.9 Å². The number of hydrogen-bond donors (Lipinski definition) is 1. The summed E-state index contributed by atoms with van der Waals surface area (Å²) in [5.74, 6) is 0. The zero-order valence-corrected chi connectivity index (χ0v) is 11.1. The minimum absolute atomic E-state index is 0.179. The molecule has 1 aromatic rings. The molecule has 0 atom stereocenters. The van der Waals surface area contributed by atoms with Crippen molar-refractivity contribution in [3.63, 3.8) is 0 Å². The van der Waals surface area contributed by atoms with Crippen LogP contribution in [0.15, 0.2) is 18.2 Å². The second-order valence-electron chi connectivity index (χ2n) is 5.28. The Morgan fingerprint density at radius 3 is 2.72 bits per heavy atom. The summed E-state index contributed by atoms with van der Waals surface area (Å²) in [5, 5.41) is 12.5. The zero-order valence-electron chi connectivity index (χ0n) is 11.1. The largest absolute Gasteiger partial charge is 0.381 e. The molecule has 96 valence electrons. The Kier molecular flexibility index (Phi) is 4.00. The Hall–Kier alpha value is -1.37. The number of aryl methyl sites for hydroxylation is 1. The Morgan fingerprint density at radius 2 is 2.11 bits per heavy atom. The molecular formula is C15H20N2O. The standard InChI is InChI=1S/C15H20N2O/c1-12-9-13(10-16)3-4-14(12)11-17-15(2)5-7-18-8-6-15/h3-4,9,17H,5-8,11H2,1-2H3. The van der Waals surface area contributed by atoms with Gasteiger partial charge < -0.3 is 10.1 Å². The van der Waals surface area contributed by atoms with Crippen molar-refractivity contribution in [3.8, 4) is 6.07 Å². The smallest absolute Gasteiger partial charge is 0.0991 e. The highest BCUT2D eigenvalue weighted by Crippen LogP contribution is 2.21. The lowest BCUT2D eigenvalue weighted by Crippen LogP contribution is -2.46. The third kappa shape index (κ3) is 3.10. The molecular weight excluding hydrogens is 224 g/mol. The van der Waals surface area contributed by atoms with Gasteiger partial charge in [-0.25, -0.2) is 0 Å². The lowest BCUT2D eigenvalue weighted by molar-refractivity contribution is 0.0446. The van der Waals surface area contributed by atoms with E-state index in [4.69, 9.17) is 10.00 Å². The highest BCUT2D eigenvalue weighted by atomic mass is 16.5. The van der Waals surface area contributed by atoms with Crippen molar-refractivity contribution in [2.24, 2.45) is 0 Å². The molecule has 0 amide bonds. The molecule has 0 aliphatic carbocycles. The van der Waals surface area contributed by atoms with Gasteiger partial charge in [0.1, 0.15) is 0 Å². The molecule has 0 spiro atoms. The molecule has 0 bridgehead atoms. The third-order valence-electron chi connectivity index (χ3n) is 3.77. The molecule has 3 heteroatoms. The van der Waals surface area contributed by atoms with E-state index in [9.17, 15) is 0 Å². The first-order valence-corrected chi connectivity index (χ1v) is 6.45. The van der Waals surface area contributed by atoms with Crippen molar-refractivity contribution in [2.75, 3.05) is 13.2 Å². The first-order chi connectivity index (χ1) is 8.63. The molecule has 3 nitrogen and oxygen atoms in total. The van der Waals surface area contributed by atoms with Crippen LogP contribution in [0.2, 0.25) is 0 Å². The van der Waals surface area contributed by atoms with Gasteiger partial charge in [0.2, 0.25) is 0 Å². The minimum atomic E-state index is 0.179. The summed E-state index contributed by atoms with van der Waals surface area (Å²) >= 11 is 0. The van der Waals surface area contributed by atoms with Crippen molar-refractivity contribution in [1.82, 2.24) is 5.32 Å². The van der Waals surface area contributed by atoms with Crippen molar-refractivity contribution in [1.29, 1.82) is 5.26 Å². The van der Waals surface area contributed by atoms with Gasteiger partial charge in [0, 0.05) is 25.3 Å². The van der Waals surface area contributed by atoms with E-state index in [1.165, 1.54) is 11.1 Å². The third-order valence-corrected chi connectivity index (χ3v) is 3.77. The normalized spacial score (nSPS) is 18.3. The fourth-order valence-electron chi connectivity index (χ4n) is 2.27. The van der Waals surface area contributed by atoms with Gasteiger partial charge in [-0.15, -0.1) is 0 Å². The number of rotatable bonds is 3.